The summed E-state index contributed by atoms with van der Waals surface area (Å²) in [5.74, 6) is -0.161. The number of carbonyl (C=O) groups is 1. The fourth-order valence-electron chi connectivity index (χ4n) is 2.21. The molecule has 1 amide bonds. The molecule has 0 atom stereocenters. The lowest BCUT2D eigenvalue weighted by Crippen LogP contribution is -2.41. The van der Waals surface area contributed by atoms with Crippen LogP contribution in [0.2, 0.25) is 0 Å². The van der Waals surface area contributed by atoms with Gasteiger partial charge in [-0.2, -0.15) is 0 Å². The number of pyridine rings is 1. The van der Waals surface area contributed by atoms with Gasteiger partial charge in [0.15, 0.2) is 0 Å². The molecule has 5 nitrogen and oxygen atoms in total. The maximum Gasteiger partial charge on any atom is 0.277 e. The second-order valence-electron chi connectivity index (χ2n) is 4.72. The molecule has 0 fully saturated rings. The smallest absolute Gasteiger partial charge is 0.277 e. The Morgan fingerprint density at radius 1 is 1.40 bits per heavy atom. The molecule has 0 aromatic carbocycles. The number of rotatable bonds is 4. The summed E-state index contributed by atoms with van der Waals surface area (Å²) in [6.07, 6.45) is 0. The molecule has 2 heterocycles. The number of hydrogen-bond donors (Lipinski definition) is 2. The number of aromatic nitrogens is 1. The Hall–Kier alpha value is -1.66. The van der Waals surface area contributed by atoms with Crippen molar-refractivity contribution in [3.05, 3.63) is 22.2 Å². The number of hydrogen-bond acceptors (Lipinski definition) is 5. The molecular formula is C14H20N4OS. The maximum absolute atomic E-state index is 12.3. The molecule has 2 aromatic heterocycles. The highest BCUT2D eigenvalue weighted by atomic mass is 32.1. The molecule has 0 aliphatic heterocycles. The van der Waals surface area contributed by atoms with E-state index in [1.54, 1.807) is 0 Å². The molecule has 0 unspecified atom stereocenters. The molecular weight excluding hydrogens is 272 g/mol. The predicted molar refractivity (Wildman–Crippen MR) is 83.9 cm³/mol. The fourth-order valence-corrected chi connectivity index (χ4v) is 3.32. The summed E-state index contributed by atoms with van der Waals surface area (Å²) in [7, 11) is 0. The number of aryl methyl sites for hydroxylation is 2. The second kappa shape index (κ2) is 5.76. The Morgan fingerprint density at radius 2 is 2.05 bits per heavy atom. The first-order valence-electron chi connectivity index (χ1n) is 6.70. The van der Waals surface area contributed by atoms with E-state index in [-0.39, 0.29) is 5.91 Å². The third-order valence-corrected chi connectivity index (χ3v) is 4.35. The molecule has 0 saturated heterocycles. The number of amides is 1. The third-order valence-electron chi connectivity index (χ3n) is 3.25. The van der Waals surface area contributed by atoms with Crippen LogP contribution in [0, 0.1) is 13.8 Å². The molecule has 2 aromatic rings. The zero-order valence-electron chi connectivity index (χ0n) is 12.3. The van der Waals surface area contributed by atoms with Gasteiger partial charge < -0.3 is 5.73 Å². The minimum absolute atomic E-state index is 0.161. The number of nitrogen functional groups attached to an aromatic ring is 1. The minimum atomic E-state index is -0.161. The fraction of sp³-hybridized carbons (Fsp3) is 0.429. The largest absolute Gasteiger partial charge is 0.397 e. The third kappa shape index (κ3) is 2.62. The Kier molecular flexibility index (Phi) is 4.25. The van der Waals surface area contributed by atoms with Crippen LogP contribution in [0.5, 0.6) is 0 Å². The van der Waals surface area contributed by atoms with Crippen molar-refractivity contribution in [1.29, 1.82) is 0 Å². The van der Waals surface area contributed by atoms with Gasteiger partial charge >= 0.3 is 0 Å². The molecule has 0 saturated carbocycles. The van der Waals surface area contributed by atoms with Gasteiger partial charge in [0, 0.05) is 24.2 Å². The monoisotopic (exact) mass is 292 g/mol. The quantitative estimate of drug-likeness (QED) is 0.849. The number of hydrazine groups is 1. The topological polar surface area (TPSA) is 71.2 Å². The molecule has 2 rings (SSSR count). The van der Waals surface area contributed by atoms with Crippen LogP contribution in [-0.4, -0.2) is 29.0 Å². The molecule has 0 aliphatic carbocycles. The molecule has 0 radical (unpaired) electrons. The molecule has 108 valence electrons. The van der Waals surface area contributed by atoms with Gasteiger partial charge in [-0.1, -0.05) is 13.8 Å². The Labute approximate surface area is 122 Å². The summed E-state index contributed by atoms with van der Waals surface area (Å²) in [5.41, 5.74) is 11.5. The second-order valence-corrected chi connectivity index (χ2v) is 5.72. The van der Waals surface area contributed by atoms with Gasteiger partial charge in [-0.05, 0) is 25.5 Å². The van der Waals surface area contributed by atoms with E-state index >= 15 is 0 Å². The summed E-state index contributed by atoms with van der Waals surface area (Å²) in [4.78, 5) is 18.1. The standard InChI is InChI=1S/C14H20N4OS/c1-5-18(6-2)17-13(19)12-11(15)10-8(3)7-9(4)16-14(10)20-12/h7H,5-6,15H2,1-4H3,(H,17,19). The van der Waals surface area contributed by atoms with Gasteiger partial charge in [-0.25, -0.2) is 9.99 Å². The zero-order chi connectivity index (χ0) is 14.9. The van der Waals surface area contributed by atoms with Gasteiger partial charge in [0.05, 0.1) is 5.69 Å². The van der Waals surface area contributed by atoms with Crippen LogP contribution in [0.25, 0.3) is 10.2 Å². The number of thiophene rings is 1. The predicted octanol–water partition coefficient (Wildman–Crippen LogP) is 2.48. The van der Waals surface area contributed by atoms with Crippen molar-refractivity contribution in [1.82, 2.24) is 15.4 Å². The molecule has 0 bridgehead atoms. The molecule has 0 spiro atoms. The van der Waals surface area contributed by atoms with Gasteiger partial charge in [-0.3, -0.25) is 10.2 Å². The highest BCUT2D eigenvalue weighted by molar-refractivity contribution is 7.21. The van der Waals surface area contributed by atoms with Crippen LogP contribution < -0.4 is 11.2 Å². The maximum atomic E-state index is 12.3. The van der Waals surface area contributed by atoms with E-state index in [0.29, 0.717) is 10.6 Å². The summed E-state index contributed by atoms with van der Waals surface area (Å²) in [5, 5.41) is 2.74. The van der Waals surface area contributed by atoms with Crippen LogP contribution in [0.1, 0.15) is 34.8 Å². The van der Waals surface area contributed by atoms with Gasteiger partial charge in [-0.15, -0.1) is 11.3 Å². The van der Waals surface area contributed by atoms with Crippen LogP contribution in [0.3, 0.4) is 0 Å². The van der Waals surface area contributed by atoms with Gasteiger partial charge in [0.25, 0.3) is 5.91 Å². The van der Waals surface area contributed by atoms with Crippen LogP contribution in [0.15, 0.2) is 6.07 Å². The van der Waals surface area contributed by atoms with Crippen molar-refractivity contribution < 1.29 is 4.79 Å². The first-order valence-corrected chi connectivity index (χ1v) is 7.51. The number of nitrogens with one attached hydrogen (secondary N) is 1. The Balaban J connectivity index is 2.43. The summed E-state index contributed by atoms with van der Waals surface area (Å²) >= 11 is 1.35. The van der Waals surface area contributed by atoms with Crippen molar-refractivity contribution in [2.45, 2.75) is 27.7 Å². The Morgan fingerprint density at radius 3 is 2.65 bits per heavy atom. The van der Waals surface area contributed by atoms with Crippen molar-refractivity contribution in [3.63, 3.8) is 0 Å². The lowest BCUT2D eigenvalue weighted by molar-refractivity contribution is 0.0811. The normalized spacial score (nSPS) is 11.2. The molecule has 0 aliphatic rings. The van der Waals surface area contributed by atoms with Gasteiger partial charge in [0.1, 0.15) is 9.71 Å². The highest BCUT2D eigenvalue weighted by Crippen LogP contribution is 2.34. The van der Waals surface area contributed by atoms with Crippen molar-refractivity contribution in [2.24, 2.45) is 0 Å². The first-order chi connectivity index (χ1) is 9.47. The number of anilines is 1. The first kappa shape index (κ1) is 14.7. The Bertz CT molecular complexity index is 646. The number of nitrogens with two attached hydrogens (primary N) is 1. The number of nitrogens with zero attached hydrogens (tertiary/aromatic N) is 2. The van der Waals surface area contributed by atoms with E-state index in [9.17, 15) is 4.79 Å². The lowest BCUT2D eigenvalue weighted by atomic mass is 10.1. The van der Waals surface area contributed by atoms with E-state index in [4.69, 9.17) is 5.73 Å². The average Bonchev–Trinajstić information content (AvgIpc) is 2.73. The molecule has 6 heteroatoms. The summed E-state index contributed by atoms with van der Waals surface area (Å²) < 4.78 is 0. The van der Waals surface area contributed by atoms with Crippen LogP contribution in [0.4, 0.5) is 5.69 Å². The van der Waals surface area contributed by atoms with Crippen molar-refractivity contribution in [3.8, 4) is 0 Å². The molecule has 3 N–H and O–H groups in total. The number of fused-ring (bicyclic) bond motifs is 1. The summed E-state index contributed by atoms with van der Waals surface area (Å²) in [6, 6.07) is 1.98. The SMILES string of the molecule is CCN(CC)NC(=O)c1sc2nc(C)cc(C)c2c1N. The van der Waals surface area contributed by atoms with E-state index in [1.807, 2.05) is 38.8 Å². The van der Waals surface area contributed by atoms with E-state index < -0.39 is 0 Å². The van der Waals surface area contributed by atoms with Gasteiger partial charge in [0.2, 0.25) is 0 Å². The minimum Gasteiger partial charge on any atom is -0.397 e. The highest BCUT2D eigenvalue weighted by Gasteiger charge is 2.19. The zero-order valence-corrected chi connectivity index (χ0v) is 13.1. The lowest BCUT2D eigenvalue weighted by Gasteiger charge is -2.18. The van der Waals surface area contributed by atoms with Crippen LogP contribution >= 0.6 is 11.3 Å². The number of carbonyl (C=O) groups excluding carboxylic acids is 1. The van der Waals surface area contributed by atoms with Crippen molar-refractivity contribution in [2.75, 3.05) is 18.8 Å². The van der Waals surface area contributed by atoms with E-state index in [2.05, 4.69) is 10.4 Å². The summed E-state index contributed by atoms with van der Waals surface area (Å²) in [6.45, 7) is 9.43. The van der Waals surface area contributed by atoms with E-state index in [0.717, 1.165) is 34.6 Å². The van der Waals surface area contributed by atoms with Crippen LogP contribution in [-0.2, 0) is 0 Å². The molecule has 20 heavy (non-hydrogen) atoms. The van der Waals surface area contributed by atoms with Crippen molar-refractivity contribution >= 4 is 33.1 Å². The van der Waals surface area contributed by atoms with E-state index in [1.165, 1.54) is 11.3 Å². The average molecular weight is 292 g/mol.